The van der Waals surface area contributed by atoms with Crippen LogP contribution in [-0.4, -0.2) is 43.5 Å². The number of hydrogen-bond acceptors (Lipinski definition) is 4. The molecule has 122 valence electrons. The second kappa shape index (κ2) is 7.01. The third-order valence-corrected chi connectivity index (χ3v) is 3.40. The van der Waals surface area contributed by atoms with E-state index in [4.69, 9.17) is 14.2 Å². The molecule has 0 spiro atoms. The Bertz CT molecular complexity index is 522. The molecular weight excluding hydrogens is 282 g/mol. The highest BCUT2D eigenvalue weighted by Gasteiger charge is 2.25. The minimum Gasteiger partial charge on any atom is -0.491 e. The molecule has 0 atom stereocenters. The molecule has 0 aliphatic carbocycles. The largest absolute Gasteiger partial charge is 0.491 e. The number of amides is 1. The molecule has 1 aliphatic heterocycles. The number of fused-ring (bicyclic) bond motifs is 1. The fraction of sp³-hybridized carbons (Fsp3) is 0.588. The van der Waals surface area contributed by atoms with Gasteiger partial charge in [0.25, 0.3) is 0 Å². The van der Waals surface area contributed by atoms with Crippen LogP contribution in [0, 0.1) is 0 Å². The van der Waals surface area contributed by atoms with Gasteiger partial charge in [0, 0.05) is 20.2 Å². The highest BCUT2D eigenvalue weighted by atomic mass is 16.6. The van der Waals surface area contributed by atoms with Gasteiger partial charge in [0.2, 0.25) is 0 Å². The maximum absolute atomic E-state index is 12.1. The smallest absolute Gasteiger partial charge is 0.410 e. The molecule has 5 nitrogen and oxygen atoms in total. The molecule has 2 rings (SSSR count). The summed E-state index contributed by atoms with van der Waals surface area (Å²) in [6, 6.07) is 6.01. The van der Waals surface area contributed by atoms with Gasteiger partial charge in [-0.15, -0.1) is 0 Å². The topological polar surface area (TPSA) is 48.0 Å². The van der Waals surface area contributed by atoms with Crippen molar-refractivity contribution in [3.63, 3.8) is 0 Å². The first-order chi connectivity index (χ1) is 10.4. The molecule has 0 bridgehead atoms. The maximum atomic E-state index is 12.1. The van der Waals surface area contributed by atoms with Gasteiger partial charge in [0.15, 0.2) is 0 Å². The molecule has 1 aromatic rings. The molecule has 0 saturated carbocycles. The van der Waals surface area contributed by atoms with Gasteiger partial charge in [-0.25, -0.2) is 4.79 Å². The zero-order chi connectivity index (χ0) is 16.2. The van der Waals surface area contributed by atoms with Crippen LogP contribution < -0.4 is 4.74 Å². The number of carbonyl (C=O) groups is 1. The van der Waals surface area contributed by atoms with Crippen molar-refractivity contribution in [3.05, 3.63) is 29.3 Å². The number of rotatable bonds is 4. The molecule has 22 heavy (non-hydrogen) atoms. The summed E-state index contributed by atoms with van der Waals surface area (Å²) in [4.78, 5) is 13.9. The minimum absolute atomic E-state index is 0.251. The van der Waals surface area contributed by atoms with Gasteiger partial charge in [-0.2, -0.15) is 0 Å². The lowest BCUT2D eigenvalue weighted by molar-refractivity contribution is 0.0224. The maximum Gasteiger partial charge on any atom is 0.410 e. The fourth-order valence-corrected chi connectivity index (χ4v) is 2.34. The quantitative estimate of drug-likeness (QED) is 0.802. The number of methoxy groups -OCH3 is 1. The van der Waals surface area contributed by atoms with E-state index in [0.29, 0.717) is 26.3 Å². The summed E-state index contributed by atoms with van der Waals surface area (Å²) in [5.41, 5.74) is 1.92. The van der Waals surface area contributed by atoms with E-state index in [9.17, 15) is 4.79 Å². The number of nitrogens with zero attached hydrogens (tertiary/aromatic N) is 1. The average Bonchev–Trinajstić information content (AvgIpc) is 2.45. The van der Waals surface area contributed by atoms with Gasteiger partial charge in [0.05, 0.1) is 6.61 Å². The summed E-state index contributed by atoms with van der Waals surface area (Å²) in [5, 5.41) is 0. The summed E-state index contributed by atoms with van der Waals surface area (Å²) in [6.45, 7) is 8.01. The molecule has 1 amide bonds. The Balaban J connectivity index is 1.98. The van der Waals surface area contributed by atoms with Crippen LogP contribution in [0.4, 0.5) is 4.79 Å². The van der Waals surface area contributed by atoms with Crippen LogP contribution in [0.2, 0.25) is 0 Å². The van der Waals surface area contributed by atoms with Crippen molar-refractivity contribution in [3.8, 4) is 5.75 Å². The lowest BCUT2D eigenvalue weighted by Gasteiger charge is -2.31. The van der Waals surface area contributed by atoms with Crippen molar-refractivity contribution in [1.82, 2.24) is 4.90 Å². The summed E-state index contributed by atoms with van der Waals surface area (Å²) >= 11 is 0. The highest BCUT2D eigenvalue weighted by Crippen LogP contribution is 2.25. The van der Waals surface area contributed by atoms with Crippen molar-refractivity contribution in [2.45, 2.75) is 39.3 Å². The van der Waals surface area contributed by atoms with Crippen LogP contribution in [0.25, 0.3) is 0 Å². The van der Waals surface area contributed by atoms with Gasteiger partial charge in [-0.3, -0.25) is 0 Å². The monoisotopic (exact) mass is 307 g/mol. The Morgan fingerprint density at radius 2 is 2.00 bits per heavy atom. The number of benzene rings is 1. The average molecular weight is 307 g/mol. The van der Waals surface area contributed by atoms with E-state index in [1.165, 1.54) is 5.56 Å². The van der Waals surface area contributed by atoms with E-state index in [2.05, 4.69) is 6.07 Å². The van der Waals surface area contributed by atoms with E-state index in [0.717, 1.165) is 17.7 Å². The Morgan fingerprint density at radius 1 is 1.23 bits per heavy atom. The fourth-order valence-electron chi connectivity index (χ4n) is 2.34. The van der Waals surface area contributed by atoms with Crippen molar-refractivity contribution in [1.29, 1.82) is 0 Å². The minimum atomic E-state index is -0.462. The van der Waals surface area contributed by atoms with Crippen molar-refractivity contribution >= 4 is 6.09 Å². The van der Waals surface area contributed by atoms with E-state index >= 15 is 0 Å². The standard InChI is InChI=1S/C17H25NO4/c1-17(2,3)22-16(19)18-8-7-13-11-15(21-10-9-20-4)6-5-14(13)12-18/h5-6,11H,7-10,12H2,1-4H3. The van der Waals surface area contributed by atoms with Crippen molar-refractivity contribution in [2.75, 3.05) is 26.9 Å². The molecule has 1 heterocycles. The Hall–Kier alpha value is -1.75. The lowest BCUT2D eigenvalue weighted by atomic mass is 10.00. The third kappa shape index (κ3) is 4.63. The summed E-state index contributed by atoms with van der Waals surface area (Å²) in [5.74, 6) is 0.849. The van der Waals surface area contributed by atoms with Crippen LogP contribution in [0.5, 0.6) is 5.75 Å². The third-order valence-electron chi connectivity index (χ3n) is 3.40. The Morgan fingerprint density at radius 3 is 2.68 bits per heavy atom. The van der Waals surface area contributed by atoms with Gasteiger partial charge >= 0.3 is 6.09 Å². The van der Waals surface area contributed by atoms with Crippen LogP contribution in [0.1, 0.15) is 31.9 Å². The molecule has 0 saturated heterocycles. The van der Waals surface area contributed by atoms with Crippen molar-refractivity contribution in [2.24, 2.45) is 0 Å². The van der Waals surface area contributed by atoms with Gasteiger partial charge in [-0.05, 0) is 50.5 Å². The van der Waals surface area contributed by atoms with Crippen LogP contribution in [0.3, 0.4) is 0 Å². The SMILES string of the molecule is COCCOc1ccc2c(c1)CCN(C(=O)OC(C)(C)C)C2. The second-order valence-corrected chi connectivity index (χ2v) is 6.42. The predicted molar refractivity (Wildman–Crippen MR) is 84.2 cm³/mol. The van der Waals surface area contributed by atoms with E-state index in [-0.39, 0.29) is 6.09 Å². The van der Waals surface area contributed by atoms with Gasteiger partial charge in [-0.1, -0.05) is 6.07 Å². The van der Waals surface area contributed by atoms with Gasteiger partial charge < -0.3 is 19.1 Å². The molecule has 1 aromatic carbocycles. The molecule has 0 unspecified atom stereocenters. The van der Waals surface area contributed by atoms with Gasteiger partial charge in [0.1, 0.15) is 18.0 Å². The molecule has 1 aliphatic rings. The normalized spacial score (nSPS) is 14.5. The molecule has 5 heteroatoms. The van der Waals surface area contributed by atoms with E-state index in [1.54, 1.807) is 12.0 Å². The molecule has 0 aromatic heterocycles. The summed E-state index contributed by atoms with van der Waals surface area (Å²) in [6.07, 6.45) is 0.564. The molecular formula is C17H25NO4. The number of carbonyl (C=O) groups excluding carboxylic acids is 1. The first-order valence-corrected chi connectivity index (χ1v) is 7.60. The van der Waals surface area contributed by atoms with Crippen LogP contribution in [-0.2, 0) is 22.4 Å². The molecule has 0 N–H and O–H groups in total. The van der Waals surface area contributed by atoms with E-state index in [1.807, 2.05) is 32.9 Å². The van der Waals surface area contributed by atoms with Crippen LogP contribution in [0.15, 0.2) is 18.2 Å². The number of ether oxygens (including phenoxy) is 3. The summed E-state index contributed by atoms with van der Waals surface area (Å²) in [7, 11) is 1.65. The second-order valence-electron chi connectivity index (χ2n) is 6.42. The van der Waals surface area contributed by atoms with E-state index < -0.39 is 5.60 Å². The zero-order valence-electron chi connectivity index (χ0n) is 13.8. The Labute approximate surface area is 132 Å². The highest BCUT2D eigenvalue weighted by molar-refractivity contribution is 5.68. The molecule has 0 fully saturated rings. The predicted octanol–water partition coefficient (Wildman–Crippen LogP) is 3.01. The zero-order valence-corrected chi connectivity index (χ0v) is 13.8. The molecule has 0 radical (unpaired) electrons. The first-order valence-electron chi connectivity index (χ1n) is 7.60. The summed E-state index contributed by atoms with van der Waals surface area (Å²) < 4.78 is 16.0. The first kappa shape index (κ1) is 16.6. The lowest BCUT2D eigenvalue weighted by Crippen LogP contribution is -2.39. The Kier molecular flexibility index (Phi) is 5.29. The van der Waals surface area contributed by atoms with Crippen LogP contribution >= 0.6 is 0 Å². The number of hydrogen-bond donors (Lipinski definition) is 0. The van der Waals surface area contributed by atoms with Crippen molar-refractivity contribution < 1.29 is 19.0 Å².